The Morgan fingerprint density at radius 2 is 1.39 bits per heavy atom. The number of alkyl halides is 8. The maximum atomic E-state index is 13.3. The van der Waals surface area contributed by atoms with E-state index in [-0.39, 0.29) is 0 Å². The molecule has 23 heavy (non-hydrogen) atoms. The van der Waals surface area contributed by atoms with E-state index in [9.17, 15) is 43.5 Å². The van der Waals surface area contributed by atoms with Crippen LogP contribution in [0.5, 0.6) is 5.75 Å². The predicted molar refractivity (Wildman–Crippen MR) is 57.9 cm³/mol. The standard InChI is InChI=1S/C10H6F8O4S/c11-7(12)8(13,14)22-9(15,16)10(17,18)23(19,20)21-6-4-2-1-3-5-6/h1-5,7H. The molecule has 132 valence electrons. The van der Waals surface area contributed by atoms with Crippen molar-refractivity contribution in [3.05, 3.63) is 30.3 Å². The lowest BCUT2D eigenvalue weighted by molar-refractivity contribution is -0.435. The molecule has 0 saturated heterocycles. The van der Waals surface area contributed by atoms with Gasteiger partial charge in [-0.25, -0.2) is 13.5 Å². The number of hydrogen-bond donors (Lipinski definition) is 0. The predicted octanol–water partition coefficient (Wildman–Crippen LogP) is 3.46. The second kappa shape index (κ2) is 6.11. The van der Waals surface area contributed by atoms with E-state index in [0.717, 1.165) is 24.3 Å². The minimum absolute atomic E-state index is 0.778. The van der Waals surface area contributed by atoms with Crippen LogP contribution in [0.3, 0.4) is 0 Å². The SMILES string of the molecule is O=S(=O)(Oc1ccccc1)C(F)(F)C(F)(F)OC(F)(F)C(F)F. The average Bonchev–Trinajstić information content (AvgIpc) is 2.37. The lowest BCUT2D eigenvalue weighted by Crippen LogP contribution is -2.54. The lowest BCUT2D eigenvalue weighted by atomic mass is 10.3. The van der Waals surface area contributed by atoms with Gasteiger partial charge in [-0.3, -0.25) is 0 Å². The number of hydrogen-bond acceptors (Lipinski definition) is 4. The van der Waals surface area contributed by atoms with Crippen molar-refractivity contribution in [3.8, 4) is 5.75 Å². The normalized spacial score (nSPS) is 14.1. The largest absolute Gasteiger partial charge is 0.471 e. The van der Waals surface area contributed by atoms with E-state index in [4.69, 9.17) is 0 Å². The first-order chi connectivity index (χ1) is 10.2. The van der Waals surface area contributed by atoms with Gasteiger partial charge in [0.2, 0.25) is 0 Å². The van der Waals surface area contributed by atoms with E-state index in [1.807, 2.05) is 4.74 Å². The quantitative estimate of drug-likeness (QED) is 0.542. The Morgan fingerprint density at radius 1 is 0.913 bits per heavy atom. The van der Waals surface area contributed by atoms with Crippen LogP contribution < -0.4 is 4.18 Å². The molecule has 1 aromatic rings. The summed E-state index contributed by atoms with van der Waals surface area (Å²) >= 11 is 0. The van der Waals surface area contributed by atoms with E-state index >= 15 is 0 Å². The molecule has 0 aliphatic rings. The maximum absolute atomic E-state index is 13.3. The zero-order valence-electron chi connectivity index (χ0n) is 10.5. The van der Waals surface area contributed by atoms with Gasteiger partial charge in [0.1, 0.15) is 5.75 Å². The van der Waals surface area contributed by atoms with Crippen molar-refractivity contribution >= 4 is 10.1 Å². The molecule has 0 saturated carbocycles. The van der Waals surface area contributed by atoms with Gasteiger partial charge in [-0.05, 0) is 12.1 Å². The Hall–Kier alpha value is -1.63. The maximum Gasteiger partial charge on any atom is 0.471 e. The van der Waals surface area contributed by atoms with Gasteiger partial charge in [-0.2, -0.15) is 34.8 Å². The molecule has 13 heteroatoms. The molecule has 0 radical (unpaired) electrons. The van der Waals surface area contributed by atoms with E-state index in [2.05, 4.69) is 4.18 Å². The van der Waals surface area contributed by atoms with E-state index in [1.165, 1.54) is 6.07 Å². The van der Waals surface area contributed by atoms with Crippen molar-refractivity contribution < 1.29 is 52.5 Å². The molecule has 0 unspecified atom stereocenters. The highest BCUT2D eigenvalue weighted by molar-refractivity contribution is 7.88. The highest BCUT2D eigenvalue weighted by atomic mass is 32.2. The molecule has 0 fully saturated rings. The van der Waals surface area contributed by atoms with Gasteiger partial charge < -0.3 is 4.18 Å². The van der Waals surface area contributed by atoms with Crippen LogP contribution >= 0.6 is 0 Å². The summed E-state index contributed by atoms with van der Waals surface area (Å²) in [6.07, 6.45) is -17.4. The monoisotopic (exact) mass is 374 g/mol. The fraction of sp³-hybridized carbons (Fsp3) is 0.400. The first kappa shape index (κ1) is 19.4. The van der Waals surface area contributed by atoms with Crippen LogP contribution in [0.2, 0.25) is 0 Å². The van der Waals surface area contributed by atoms with Crippen molar-refractivity contribution in [1.29, 1.82) is 0 Å². The third kappa shape index (κ3) is 4.02. The summed E-state index contributed by atoms with van der Waals surface area (Å²) in [6.45, 7) is 0. The van der Waals surface area contributed by atoms with Crippen LogP contribution in [0.25, 0.3) is 0 Å². The fourth-order valence-corrected chi connectivity index (χ4v) is 1.88. The van der Waals surface area contributed by atoms with Crippen LogP contribution in [0.4, 0.5) is 35.1 Å². The molecule has 0 aliphatic heterocycles. The lowest BCUT2D eigenvalue weighted by Gasteiger charge is -2.28. The van der Waals surface area contributed by atoms with Crippen molar-refractivity contribution in [3.63, 3.8) is 0 Å². The number of para-hydroxylation sites is 1. The second-order valence-electron chi connectivity index (χ2n) is 3.85. The van der Waals surface area contributed by atoms with Crippen LogP contribution in [-0.4, -0.2) is 32.3 Å². The first-order valence-electron chi connectivity index (χ1n) is 5.34. The van der Waals surface area contributed by atoms with Gasteiger partial charge in [-0.1, -0.05) is 18.2 Å². The van der Waals surface area contributed by atoms with Crippen LogP contribution in [0.15, 0.2) is 30.3 Å². The van der Waals surface area contributed by atoms with Gasteiger partial charge >= 0.3 is 34.0 Å². The molecule has 1 rings (SSSR count). The Bertz CT molecular complexity index is 632. The molecule has 0 N–H and O–H groups in total. The Labute approximate surface area is 123 Å². The van der Waals surface area contributed by atoms with Crippen LogP contribution in [-0.2, 0) is 14.9 Å². The minimum Gasteiger partial charge on any atom is -0.378 e. The van der Waals surface area contributed by atoms with Crippen LogP contribution in [0, 0.1) is 0 Å². The molecule has 0 heterocycles. The first-order valence-corrected chi connectivity index (χ1v) is 6.74. The molecular weight excluding hydrogens is 368 g/mol. The molecule has 4 nitrogen and oxygen atoms in total. The number of rotatable bonds is 7. The topological polar surface area (TPSA) is 52.6 Å². The van der Waals surface area contributed by atoms with Crippen molar-refractivity contribution in [2.75, 3.05) is 0 Å². The van der Waals surface area contributed by atoms with Crippen molar-refractivity contribution in [1.82, 2.24) is 0 Å². The van der Waals surface area contributed by atoms with E-state index < -0.39 is 39.8 Å². The minimum atomic E-state index is -6.56. The fourth-order valence-electron chi connectivity index (χ4n) is 1.08. The zero-order chi connectivity index (χ0) is 18.1. The molecule has 0 aromatic heterocycles. The van der Waals surface area contributed by atoms with E-state index in [1.54, 1.807) is 0 Å². The summed E-state index contributed by atoms with van der Waals surface area (Å²) in [5.74, 6) is -0.844. The summed E-state index contributed by atoms with van der Waals surface area (Å²) in [5.41, 5.74) is 0. The highest BCUT2D eigenvalue weighted by Gasteiger charge is 2.73. The Morgan fingerprint density at radius 3 is 1.83 bits per heavy atom. The molecular formula is C10H6F8O4S. The Balaban J connectivity index is 3.12. The third-order valence-corrected chi connectivity index (χ3v) is 3.40. The van der Waals surface area contributed by atoms with Gasteiger partial charge in [-0.15, -0.1) is 0 Å². The molecule has 0 aliphatic carbocycles. The molecule has 1 aromatic carbocycles. The second-order valence-corrected chi connectivity index (χ2v) is 5.44. The third-order valence-electron chi connectivity index (χ3n) is 2.12. The number of ether oxygens (including phenoxy) is 1. The zero-order valence-corrected chi connectivity index (χ0v) is 11.3. The van der Waals surface area contributed by atoms with Gasteiger partial charge in [0.05, 0.1) is 0 Å². The van der Waals surface area contributed by atoms with Gasteiger partial charge in [0.25, 0.3) is 0 Å². The van der Waals surface area contributed by atoms with Crippen LogP contribution in [0.1, 0.15) is 0 Å². The molecule has 0 atom stereocenters. The molecule has 0 bridgehead atoms. The van der Waals surface area contributed by atoms with Crippen molar-refractivity contribution in [2.24, 2.45) is 0 Å². The average molecular weight is 374 g/mol. The molecule has 0 spiro atoms. The highest BCUT2D eigenvalue weighted by Crippen LogP contribution is 2.44. The summed E-state index contributed by atoms with van der Waals surface area (Å²) in [7, 11) is -6.56. The Kier molecular flexibility index (Phi) is 5.16. The summed E-state index contributed by atoms with van der Waals surface area (Å²) in [5, 5.41) is -6.38. The number of halogens is 8. The molecule has 0 amide bonds. The number of benzene rings is 1. The smallest absolute Gasteiger partial charge is 0.378 e. The summed E-state index contributed by atoms with van der Waals surface area (Å²) < 4.78 is 129. The summed E-state index contributed by atoms with van der Waals surface area (Å²) in [4.78, 5) is 0. The van der Waals surface area contributed by atoms with E-state index in [0.29, 0.717) is 0 Å². The van der Waals surface area contributed by atoms with Crippen molar-refractivity contribution in [2.45, 2.75) is 23.9 Å². The summed E-state index contributed by atoms with van der Waals surface area (Å²) in [6, 6.07) is 5.02. The van der Waals surface area contributed by atoms with Gasteiger partial charge in [0, 0.05) is 0 Å². The van der Waals surface area contributed by atoms with Gasteiger partial charge in [0.15, 0.2) is 0 Å².